The first kappa shape index (κ1) is 20.0. The zero-order chi connectivity index (χ0) is 22.2. The van der Waals surface area contributed by atoms with Crippen molar-refractivity contribution in [2.75, 3.05) is 12.1 Å². The monoisotopic (exact) mass is 447 g/mol. The number of hydrogen-bond donors (Lipinski definition) is 1. The first-order chi connectivity index (χ1) is 15.5. The van der Waals surface area contributed by atoms with E-state index in [1.54, 1.807) is 12.1 Å². The topological polar surface area (TPSA) is 99.5 Å². The number of nitrogens with zero attached hydrogens (tertiary/aromatic N) is 2. The molecule has 5 rings (SSSR count). The van der Waals surface area contributed by atoms with Gasteiger partial charge in [0.1, 0.15) is 11.4 Å². The molecular formula is C23H17N3O5S. The minimum atomic E-state index is -0.465. The second kappa shape index (κ2) is 7.93. The third-order valence-electron chi connectivity index (χ3n) is 5.06. The molecule has 1 N–H and O–H groups in total. The van der Waals surface area contributed by atoms with Crippen molar-refractivity contribution in [1.29, 1.82) is 0 Å². The molecule has 4 aromatic rings. The van der Waals surface area contributed by atoms with Gasteiger partial charge in [-0.2, -0.15) is 0 Å². The number of anilines is 1. The van der Waals surface area contributed by atoms with Crippen LogP contribution in [0, 0.1) is 0 Å². The Balaban J connectivity index is 1.41. The summed E-state index contributed by atoms with van der Waals surface area (Å²) < 4.78 is 11.9. The number of nitrogens with one attached hydrogen (secondary N) is 1. The van der Waals surface area contributed by atoms with Gasteiger partial charge in [-0.3, -0.25) is 19.0 Å². The van der Waals surface area contributed by atoms with Crippen molar-refractivity contribution in [1.82, 2.24) is 9.55 Å². The Kier molecular flexibility index (Phi) is 4.95. The second-order valence-electron chi connectivity index (χ2n) is 7.23. The van der Waals surface area contributed by atoms with Gasteiger partial charge in [0, 0.05) is 16.5 Å². The number of amides is 1. The van der Waals surface area contributed by atoms with Crippen LogP contribution in [0.15, 0.2) is 59.7 Å². The van der Waals surface area contributed by atoms with E-state index in [-0.39, 0.29) is 24.7 Å². The summed E-state index contributed by atoms with van der Waals surface area (Å²) in [7, 11) is 0. The van der Waals surface area contributed by atoms with Crippen LogP contribution in [-0.4, -0.2) is 28.0 Å². The molecule has 3 heterocycles. The van der Waals surface area contributed by atoms with Crippen molar-refractivity contribution in [3.63, 3.8) is 0 Å². The maximum absolute atomic E-state index is 12.9. The lowest BCUT2D eigenvalue weighted by Crippen LogP contribution is -2.28. The molecule has 0 radical (unpaired) electrons. The summed E-state index contributed by atoms with van der Waals surface area (Å²) in [4.78, 5) is 43.5. The van der Waals surface area contributed by atoms with Gasteiger partial charge in [-0.1, -0.05) is 30.3 Å². The molecule has 2 aromatic carbocycles. The number of carbonyl (C=O) groups excluding carboxylic acids is 2. The molecule has 0 saturated heterocycles. The van der Waals surface area contributed by atoms with Crippen molar-refractivity contribution in [2.24, 2.45) is 0 Å². The maximum Gasteiger partial charge on any atom is 0.262 e. The van der Waals surface area contributed by atoms with Crippen LogP contribution in [-0.2, 0) is 11.3 Å². The van der Waals surface area contributed by atoms with E-state index in [0.29, 0.717) is 33.0 Å². The van der Waals surface area contributed by atoms with Gasteiger partial charge in [-0.25, -0.2) is 4.98 Å². The van der Waals surface area contributed by atoms with Gasteiger partial charge in [-0.15, -0.1) is 11.3 Å². The molecule has 160 valence electrons. The molecular weight excluding hydrogens is 430 g/mol. The lowest BCUT2D eigenvalue weighted by atomic mass is 10.1. The van der Waals surface area contributed by atoms with Crippen LogP contribution in [0.1, 0.15) is 17.3 Å². The molecule has 1 aliphatic rings. The summed E-state index contributed by atoms with van der Waals surface area (Å²) in [5, 5.41) is 3.15. The lowest BCUT2D eigenvalue weighted by Gasteiger charge is -2.11. The SMILES string of the molecule is CC(=O)c1cc2c(cc1NC(=O)Cn1cnc3sc(-c4ccccc4)cc3c1=O)OCO2. The van der Waals surface area contributed by atoms with Crippen LogP contribution < -0.4 is 20.3 Å². The fourth-order valence-corrected chi connectivity index (χ4v) is 4.49. The Morgan fingerprint density at radius 2 is 1.88 bits per heavy atom. The van der Waals surface area contributed by atoms with E-state index in [1.165, 1.54) is 35.2 Å². The largest absolute Gasteiger partial charge is 0.454 e. The molecule has 32 heavy (non-hydrogen) atoms. The first-order valence-electron chi connectivity index (χ1n) is 9.78. The summed E-state index contributed by atoms with van der Waals surface area (Å²) in [5.74, 6) is 0.196. The fraction of sp³-hybridized carbons (Fsp3) is 0.130. The van der Waals surface area contributed by atoms with Crippen molar-refractivity contribution >= 4 is 38.9 Å². The molecule has 0 aliphatic carbocycles. The van der Waals surface area contributed by atoms with Gasteiger partial charge in [0.15, 0.2) is 17.3 Å². The average Bonchev–Trinajstić information content (AvgIpc) is 3.42. The van der Waals surface area contributed by atoms with Crippen LogP contribution in [0.25, 0.3) is 20.7 Å². The lowest BCUT2D eigenvalue weighted by molar-refractivity contribution is -0.116. The molecule has 1 aliphatic heterocycles. The first-order valence-corrected chi connectivity index (χ1v) is 10.6. The zero-order valence-corrected chi connectivity index (χ0v) is 17.8. The van der Waals surface area contributed by atoms with Crippen molar-refractivity contribution < 1.29 is 19.1 Å². The van der Waals surface area contributed by atoms with E-state index in [1.807, 2.05) is 30.3 Å². The minimum Gasteiger partial charge on any atom is -0.454 e. The summed E-state index contributed by atoms with van der Waals surface area (Å²) >= 11 is 1.42. The van der Waals surface area contributed by atoms with Crippen LogP contribution >= 0.6 is 11.3 Å². The highest BCUT2D eigenvalue weighted by molar-refractivity contribution is 7.21. The molecule has 0 fully saturated rings. The van der Waals surface area contributed by atoms with Gasteiger partial charge in [0.2, 0.25) is 12.7 Å². The Bertz CT molecular complexity index is 1430. The molecule has 0 unspecified atom stereocenters. The second-order valence-corrected chi connectivity index (χ2v) is 8.26. The quantitative estimate of drug-likeness (QED) is 0.469. The molecule has 1 amide bonds. The van der Waals surface area contributed by atoms with Gasteiger partial charge in [0.05, 0.1) is 17.4 Å². The van der Waals surface area contributed by atoms with Gasteiger partial charge in [0.25, 0.3) is 5.56 Å². The molecule has 0 spiro atoms. The van der Waals surface area contributed by atoms with Gasteiger partial charge < -0.3 is 14.8 Å². The standard InChI is InChI=1S/C23H17N3O5S/c1-13(27)15-7-18-19(31-12-30-18)9-17(15)25-21(28)10-26-11-24-22-16(23(26)29)8-20(32-22)14-5-3-2-4-6-14/h2-9,11H,10,12H2,1H3,(H,25,28). The summed E-state index contributed by atoms with van der Waals surface area (Å²) in [6.45, 7) is 1.21. The highest BCUT2D eigenvalue weighted by Gasteiger charge is 2.21. The Morgan fingerprint density at radius 3 is 2.62 bits per heavy atom. The zero-order valence-electron chi connectivity index (χ0n) is 17.0. The van der Waals surface area contributed by atoms with Crippen LogP contribution in [0.3, 0.4) is 0 Å². The molecule has 8 nitrogen and oxygen atoms in total. The number of ether oxygens (including phenoxy) is 2. The number of fused-ring (bicyclic) bond motifs is 2. The number of ketones is 1. The summed E-state index contributed by atoms with van der Waals surface area (Å²) in [6.07, 6.45) is 1.36. The highest BCUT2D eigenvalue weighted by Crippen LogP contribution is 2.37. The Morgan fingerprint density at radius 1 is 1.12 bits per heavy atom. The van der Waals surface area contributed by atoms with E-state index in [4.69, 9.17) is 9.47 Å². The predicted octanol–water partition coefficient (Wildman–Crippen LogP) is 3.70. The van der Waals surface area contributed by atoms with E-state index in [9.17, 15) is 14.4 Å². The Labute approximate surface area is 186 Å². The third-order valence-corrected chi connectivity index (χ3v) is 6.15. The predicted molar refractivity (Wildman–Crippen MR) is 121 cm³/mol. The number of thiophene rings is 1. The van der Waals surface area contributed by atoms with Gasteiger partial charge in [-0.05, 0) is 24.6 Å². The molecule has 9 heteroatoms. The summed E-state index contributed by atoms with van der Waals surface area (Å²) in [6, 6.07) is 14.6. The number of Topliss-reactive ketones (excluding diaryl/α,β-unsaturated/α-hetero) is 1. The third kappa shape index (κ3) is 3.63. The number of aromatic nitrogens is 2. The van der Waals surface area contributed by atoms with Crippen molar-refractivity contribution in [3.05, 3.63) is 70.8 Å². The number of hydrogen-bond acceptors (Lipinski definition) is 7. The minimum absolute atomic E-state index is 0.0523. The molecule has 0 atom stereocenters. The normalized spacial score (nSPS) is 12.2. The number of rotatable bonds is 5. The van der Waals surface area contributed by atoms with E-state index in [2.05, 4.69) is 10.3 Å². The average molecular weight is 447 g/mol. The van der Waals surface area contributed by atoms with E-state index in [0.717, 1.165) is 10.4 Å². The number of benzene rings is 2. The highest BCUT2D eigenvalue weighted by atomic mass is 32.1. The van der Waals surface area contributed by atoms with Crippen LogP contribution in [0.4, 0.5) is 5.69 Å². The smallest absolute Gasteiger partial charge is 0.262 e. The molecule has 2 aromatic heterocycles. The summed E-state index contributed by atoms with van der Waals surface area (Å²) in [5.41, 5.74) is 1.30. The maximum atomic E-state index is 12.9. The van der Waals surface area contributed by atoms with E-state index < -0.39 is 5.91 Å². The number of carbonyl (C=O) groups is 2. The Hall–Kier alpha value is -3.98. The molecule has 0 bridgehead atoms. The van der Waals surface area contributed by atoms with Crippen LogP contribution in [0.5, 0.6) is 11.5 Å². The van der Waals surface area contributed by atoms with Crippen molar-refractivity contribution in [2.45, 2.75) is 13.5 Å². The van der Waals surface area contributed by atoms with Gasteiger partial charge >= 0.3 is 0 Å². The van der Waals surface area contributed by atoms with E-state index >= 15 is 0 Å². The molecule has 0 saturated carbocycles. The van der Waals surface area contributed by atoms with Crippen LogP contribution in [0.2, 0.25) is 0 Å². The fourth-order valence-electron chi connectivity index (χ4n) is 3.50. The van der Waals surface area contributed by atoms with Crippen molar-refractivity contribution in [3.8, 4) is 21.9 Å².